The summed E-state index contributed by atoms with van der Waals surface area (Å²) >= 11 is 0. The molecule has 0 amide bonds. The van der Waals surface area contributed by atoms with Crippen molar-refractivity contribution in [1.82, 2.24) is 0 Å². The monoisotopic (exact) mass is 400 g/mol. The molecule has 166 valence electrons. The molecule has 4 aliphatic rings. The Bertz CT molecular complexity index is 627. The van der Waals surface area contributed by atoms with Crippen LogP contribution in [0.2, 0.25) is 0 Å². The summed E-state index contributed by atoms with van der Waals surface area (Å²) in [5, 5.41) is 10.2. The van der Waals surface area contributed by atoms with Gasteiger partial charge in [0, 0.05) is 0 Å². The molecule has 0 saturated heterocycles. The van der Waals surface area contributed by atoms with E-state index in [1.165, 1.54) is 57.8 Å². The summed E-state index contributed by atoms with van der Waals surface area (Å²) in [5.74, 6) is 4.56. The molecule has 3 saturated carbocycles. The van der Waals surface area contributed by atoms with Crippen molar-refractivity contribution in [1.29, 1.82) is 0 Å². The van der Waals surface area contributed by atoms with Gasteiger partial charge in [0.2, 0.25) is 0 Å². The maximum absolute atomic E-state index is 10.2. The smallest absolute Gasteiger partial charge is 0.0577 e. The first-order valence-electron chi connectivity index (χ1n) is 12.9. The predicted molar refractivity (Wildman–Crippen MR) is 124 cm³/mol. The molecular formula is C28H48O. The number of aliphatic hydroxyl groups excluding tert-OH is 1. The van der Waals surface area contributed by atoms with Crippen LogP contribution >= 0.6 is 0 Å². The van der Waals surface area contributed by atoms with Crippen molar-refractivity contribution in [2.75, 3.05) is 0 Å². The molecule has 0 bridgehead atoms. The van der Waals surface area contributed by atoms with Gasteiger partial charge in [0.1, 0.15) is 0 Å². The van der Waals surface area contributed by atoms with Crippen molar-refractivity contribution >= 4 is 0 Å². The molecule has 0 aliphatic heterocycles. The molecule has 0 aromatic heterocycles. The highest BCUT2D eigenvalue weighted by Crippen LogP contribution is 2.67. The molecule has 0 radical (unpaired) electrons. The van der Waals surface area contributed by atoms with E-state index in [2.05, 4.69) is 47.6 Å². The molecule has 0 aromatic carbocycles. The lowest BCUT2D eigenvalue weighted by atomic mass is 9.47. The van der Waals surface area contributed by atoms with Crippen molar-refractivity contribution in [3.05, 3.63) is 11.6 Å². The molecule has 0 heterocycles. The molecule has 29 heavy (non-hydrogen) atoms. The lowest BCUT2D eigenvalue weighted by Crippen LogP contribution is -2.50. The standard InChI is InChI=1S/C28H48O/c1-19(8-7-15-26(2,3)4)23-11-12-24-22-10-9-20-18-21(29)13-16-27(20,5)25(22)14-17-28(23,24)6/h9,19,21-25,29H,7-8,10-18H2,1-6H3/t19-,21+,22+,23-,24+,25+,27+,28-/m1/s1. The second-order valence-electron chi connectivity index (χ2n) is 13.3. The Morgan fingerprint density at radius 3 is 2.55 bits per heavy atom. The SMILES string of the molecule is C[C@H](CCCC(C)(C)C)[C@H]1CC[C@H]2[C@@H]3CC=C4C[C@@H](O)CC[C@]4(C)[C@H]3CC[C@]12C. The largest absolute Gasteiger partial charge is 0.393 e. The highest BCUT2D eigenvalue weighted by Gasteiger charge is 2.59. The molecule has 0 spiro atoms. The lowest BCUT2D eigenvalue weighted by molar-refractivity contribution is -0.0573. The van der Waals surface area contributed by atoms with E-state index < -0.39 is 0 Å². The van der Waals surface area contributed by atoms with Gasteiger partial charge in [-0.15, -0.1) is 0 Å². The van der Waals surface area contributed by atoms with Crippen LogP contribution in [-0.2, 0) is 0 Å². The van der Waals surface area contributed by atoms with E-state index in [9.17, 15) is 5.11 Å². The maximum Gasteiger partial charge on any atom is 0.0577 e. The summed E-state index contributed by atoms with van der Waals surface area (Å²) in [6.07, 6.45) is 17.1. The molecular weight excluding hydrogens is 352 g/mol. The van der Waals surface area contributed by atoms with Crippen LogP contribution in [0.1, 0.15) is 112 Å². The molecule has 3 fully saturated rings. The van der Waals surface area contributed by atoms with Gasteiger partial charge in [0.05, 0.1) is 6.10 Å². The van der Waals surface area contributed by atoms with E-state index in [0.717, 1.165) is 42.4 Å². The summed E-state index contributed by atoms with van der Waals surface area (Å²) in [6.45, 7) is 15.0. The van der Waals surface area contributed by atoms with Gasteiger partial charge < -0.3 is 5.11 Å². The quantitative estimate of drug-likeness (QED) is 0.478. The van der Waals surface area contributed by atoms with E-state index in [1.54, 1.807) is 5.57 Å². The number of allylic oxidation sites excluding steroid dienone is 1. The molecule has 4 aliphatic carbocycles. The fourth-order valence-corrected chi connectivity index (χ4v) is 8.77. The number of fused-ring (bicyclic) bond motifs is 5. The molecule has 4 rings (SSSR count). The van der Waals surface area contributed by atoms with Gasteiger partial charge in [-0.2, -0.15) is 0 Å². The molecule has 1 nitrogen and oxygen atoms in total. The minimum atomic E-state index is -0.0791. The van der Waals surface area contributed by atoms with Crippen LogP contribution in [0, 0.1) is 45.8 Å². The Kier molecular flexibility index (Phi) is 5.81. The third-order valence-electron chi connectivity index (χ3n) is 10.4. The maximum atomic E-state index is 10.2. The summed E-state index contributed by atoms with van der Waals surface area (Å²) in [6, 6.07) is 0. The summed E-state index contributed by atoms with van der Waals surface area (Å²) < 4.78 is 0. The van der Waals surface area contributed by atoms with Gasteiger partial charge in [-0.3, -0.25) is 0 Å². The fraction of sp³-hybridized carbons (Fsp3) is 0.929. The van der Waals surface area contributed by atoms with Gasteiger partial charge in [0.25, 0.3) is 0 Å². The second kappa shape index (κ2) is 7.68. The zero-order valence-corrected chi connectivity index (χ0v) is 20.3. The summed E-state index contributed by atoms with van der Waals surface area (Å²) in [4.78, 5) is 0. The van der Waals surface area contributed by atoms with E-state index in [1.807, 2.05) is 0 Å². The van der Waals surface area contributed by atoms with Crippen LogP contribution in [0.5, 0.6) is 0 Å². The first-order valence-corrected chi connectivity index (χ1v) is 12.9. The Balaban J connectivity index is 1.47. The van der Waals surface area contributed by atoms with Crippen LogP contribution < -0.4 is 0 Å². The van der Waals surface area contributed by atoms with Crippen molar-refractivity contribution < 1.29 is 5.11 Å². The number of rotatable bonds is 4. The van der Waals surface area contributed by atoms with Gasteiger partial charge in [0.15, 0.2) is 0 Å². The van der Waals surface area contributed by atoms with Crippen LogP contribution in [0.3, 0.4) is 0 Å². The van der Waals surface area contributed by atoms with Crippen molar-refractivity contribution in [3.63, 3.8) is 0 Å². The molecule has 0 unspecified atom stereocenters. The highest BCUT2D eigenvalue weighted by molar-refractivity contribution is 5.25. The number of aliphatic hydroxyl groups is 1. The zero-order chi connectivity index (χ0) is 21.0. The minimum absolute atomic E-state index is 0.0791. The minimum Gasteiger partial charge on any atom is -0.393 e. The first kappa shape index (κ1) is 21.9. The van der Waals surface area contributed by atoms with Crippen LogP contribution in [0.15, 0.2) is 11.6 Å². The van der Waals surface area contributed by atoms with Gasteiger partial charge >= 0.3 is 0 Å². The first-order chi connectivity index (χ1) is 13.5. The van der Waals surface area contributed by atoms with E-state index in [-0.39, 0.29) is 6.10 Å². The summed E-state index contributed by atoms with van der Waals surface area (Å²) in [5.41, 5.74) is 3.07. The number of hydrogen-bond acceptors (Lipinski definition) is 1. The van der Waals surface area contributed by atoms with Gasteiger partial charge in [-0.25, -0.2) is 0 Å². The fourth-order valence-electron chi connectivity index (χ4n) is 8.77. The topological polar surface area (TPSA) is 20.2 Å². The molecule has 1 N–H and O–H groups in total. The zero-order valence-electron chi connectivity index (χ0n) is 20.3. The average Bonchev–Trinajstić information content (AvgIpc) is 2.98. The Labute approximate surface area is 181 Å². The van der Waals surface area contributed by atoms with Crippen molar-refractivity contribution in [3.8, 4) is 0 Å². The normalized spacial score (nSPS) is 45.8. The Morgan fingerprint density at radius 2 is 1.83 bits per heavy atom. The van der Waals surface area contributed by atoms with Gasteiger partial charge in [-0.1, -0.05) is 66.0 Å². The molecule has 0 aromatic rings. The van der Waals surface area contributed by atoms with Crippen LogP contribution in [-0.4, -0.2) is 11.2 Å². The van der Waals surface area contributed by atoms with Gasteiger partial charge in [-0.05, 0) is 104 Å². The molecule has 8 atom stereocenters. The summed E-state index contributed by atoms with van der Waals surface area (Å²) in [7, 11) is 0. The Morgan fingerprint density at radius 1 is 1.07 bits per heavy atom. The van der Waals surface area contributed by atoms with E-state index >= 15 is 0 Å². The van der Waals surface area contributed by atoms with Crippen molar-refractivity contribution in [2.24, 2.45) is 45.8 Å². The predicted octanol–water partition coefficient (Wildman–Crippen LogP) is 7.78. The van der Waals surface area contributed by atoms with E-state index in [0.29, 0.717) is 16.2 Å². The van der Waals surface area contributed by atoms with Crippen molar-refractivity contribution in [2.45, 2.75) is 118 Å². The highest BCUT2D eigenvalue weighted by atomic mass is 16.3. The van der Waals surface area contributed by atoms with E-state index in [4.69, 9.17) is 0 Å². The third-order valence-corrected chi connectivity index (χ3v) is 10.4. The number of hydrogen-bond donors (Lipinski definition) is 1. The van der Waals surface area contributed by atoms with Crippen LogP contribution in [0.4, 0.5) is 0 Å². The third kappa shape index (κ3) is 3.88. The molecule has 1 heteroatoms. The lowest BCUT2D eigenvalue weighted by Gasteiger charge is -2.58. The van der Waals surface area contributed by atoms with Crippen LogP contribution in [0.25, 0.3) is 0 Å². The second-order valence-corrected chi connectivity index (χ2v) is 13.3. The average molecular weight is 401 g/mol. The Hall–Kier alpha value is -0.300.